The largest absolute Gasteiger partial charge is 0.586 e. The van der Waals surface area contributed by atoms with Gasteiger partial charge >= 0.3 is 12.3 Å². The Hall–Kier alpha value is -4.15. The van der Waals surface area contributed by atoms with Crippen LogP contribution in [0.25, 0.3) is 26.8 Å². The van der Waals surface area contributed by atoms with E-state index in [0.717, 1.165) is 15.7 Å². The highest BCUT2D eigenvalue weighted by molar-refractivity contribution is 8.09. The van der Waals surface area contributed by atoms with Gasteiger partial charge in [0.1, 0.15) is 5.25 Å². The average molecular weight is 564 g/mol. The van der Waals surface area contributed by atoms with Crippen LogP contribution in [0.3, 0.4) is 0 Å². The minimum absolute atomic E-state index is 0.0656. The summed E-state index contributed by atoms with van der Waals surface area (Å²) in [6.07, 6.45) is 1.24. The Bertz CT molecular complexity index is 1740. The van der Waals surface area contributed by atoms with E-state index >= 15 is 0 Å². The molecule has 3 aromatic carbocycles. The predicted octanol–water partition coefficient (Wildman–Crippen LogP) is 6.46. The standard InChI is InChI=1S/C28H16ClF2N3O4S/c29-18-7-3-6-17(14-8-9-21-22(10-14)38-28(30,31)37-21)24(18)23-11-19-25(39-23)26(35)34(27(36)33-19)20-13-32-12-15-4-1-2-5-16(15)20/h1-13,19,25H,(H,33,36). The summed E-state index contributed by atoms with van der Waals surface area (Å²) in [5.74, 6) is -0.534. The maximum absolute atomic E-state index is 13.7. The van der Waals surface area contributed by atoms with E-state index in [4.69, 9.17) is 11.6 Å². The highest BCUT2D eigenvalue weighted by Gasteiger charge is 2.46. The van der Waals surface area contributed by atoms with Gasteiger partial charge in [-0.25, -0.2) is 9.69 Å². The number of ether oxygens (including phenoxy) is 2. The molecule has 2 unspecified atom stereocenters. The van der Waals surface area contributed by atoms with Crippen molar-refractivity contribution in [3.05, 3.63) is 89.7 Å². The molecule has 0 aliphatic carbocycles. The number of halogens is 3. The second-order valence-corrected chi connectivity index (χ2v) is 10.7. The van der Waals surface area contributed by atoms with Gasteiger partial charge in [-0.15, -0.1) is 20.5 Å². The number of imide groups is 1. The number of carbonyl (C=O) groups is 2. The zero-order chi connectivity index (χ0) is 26.9. The zero-order valence-electron chi connectivity index (χ0n) is 19.7. The molecule has 3 aliphatic rings. The van der Waals surface area contributed by atoms with E-state index in [-0.39, 0.29) is 17.4 Å². The first-order valence-corrected chi connectivity index (χ1v) is 13.1. The molecule has 1 saturated heterocycles. The molecule has 3 aliphatic heterocycles. The molecule has 7 nitrogen and oxygen atoms in total. The van der Waals surface area contributed by atoms with Crippen LogP contribution in [0, 0.1) is 0 Å². The van der Waals surface area contributed by atoms with Gasteiger partial charge < -0.3 is 14.8 Å². The lowest BCUT2D eigenvalue weighted by molar-refractivity contribution is -0.286. The molecule has 0 saturated carbocycles. The summed E-state index contributed by atoms with van der Waals surface area (Å²) in [4.78, 5) is 32.9. The summed E-state index contributed by atoms with van der Waals surface area (Å²) >= 11 is 7.94. The Morgan fingerprint density at radius 1 is 1.00 bits per heavy atom. The third kappa shape index (κ3) is 3.90. The van der Waals surface area contributed by atoms with Crippen molar-refractivity contribution in [2.24, 2.45) is 0 Å². The van der Waals surface area contributed by atoms with Gasteiger partial charge in [-0.2, -0.15) is 0 Å². The van der Waals surface area contributed by atoms with Crippen LogP contribution < -0.4 is 19.7 Å². The first-order valence-electron chi connectivity index (χ1n) is 11.8. The van der Waals surface area contributed by atoms with Crippen LogP contribution in [0.4, 0.5) is 19.3 Å². The van der Waals surface area contributed by atoms with Crippen LogP contribution >= 0.6 is 23.4 Å². The highest BCUT2D eigenvalue weighted by atomic mass is 35.5. The lowest BCUT2D eigenvalue weighted by Crippen LogP contribution is -2.60. The van der Waals surface area contributed by atoms with E-state index in [2.05, 4.69) is 19.8 Å². The number of nitrogens with zero attached hydrogens (tertiary/aromatic N) is 2. The number of benzene rings is 3. The van der Waals surface area contributed by atoms with Crippen molar-refractivity contribution >= 4 is 56.7 Å². The van der Waals surface area contributed by atoms with Gasteiger partial charge in [0.15, 0.2) is 11.5 Å². The molecule has 1 N–H and O–H groups in total. The summed E-state index contributed by atoms with van der Waals surface area (Å²) in [6.45, 7) is 0. The molecule has 0 radical (unpaired) electrons. The number of nitrogens with one attached hydrogen (secondary N) is 1. The molecule has 194 valence electrons. The molecule has 39 heavy (non-hydrogen) atoms. The molecular weight excluding hydrogens is 548 g/mol. The number of hydrogen-bond donors (Lipinski definition) is 1. The predicted molar refractivity (Wildman–Crippen MR) is 144 cm³/mol. The molecule has 0 spiro atoms. The van der Waals surface area contributed by atoms with E-state index in [1.807, 2.05) is 24.3 Å². The summed E-state index contributed by atoms with van der Waals surface area (Å²) in [5.41, 5.74) is 2.24. The number of alkyl halides is 2. The van der Waals surface area contributed by atoms with Gasteiger partial charge in [0, 0.05) is 32.5 Å². The van der Waals surface area contributed by atoms with E-state index in [1.54, 1.807) is 36.5 Å². The monoisotopic (exact) mass is 563 g/mol. The lowest BCUT2D eigenvalue weighted by atomic mass is 9.97. The van der Waals surface area contributed by atoms with Crippen LogP contribution in [-0.2, 0) is 4.79 Å². The van der Waals surface area contributed by atoms with Crippen LogP contribution in [0.2, 0.25) is 5.02 Å². The van der Waals surface area contributed by atoms with Gasteiger partial charge in [-0.3, -0.25) is 9.78 Å². The Morgan fingerprint density at radius 3 is 2.69 bits per heavy atom. The number of anilines is 1. The third-order valence-corrected chi connectivity index (χ3v) is 8.39. The number of urea groups is 1. The number of amides is 3. The number of pyridine rings is 1. The Morgan fingerprint density at radius 2 is 1.82 bits per heavy atom. The normalized spacial score (nSPS) is 21.1. The van der Waals surface area contributed by atoms with Crippen LogP contribution in [0.5, 0.6) is 11.5 Å². The number of carbonyl (C=O) groups excluding carboxylic acids is 2. The second-order valence-electron chi connectivity index (χ2n) is 9.09. The second kappa shape index (κ2) is 8.69. The number of rotatable bonds is 3. The summed E-state index contributed by atoms with van der Waals surface area (Å²) in [5, 5.41) is 4.22. The smallest absolute Gasteiger partial charge is 0.395 e. The molecule has 11 heteroatoms. The van der Waals surface area contributed by atoms with Crippen LogP contribution in [0.1, 0.15) is 5.56 Å². The van der Waals surface area contributed by atoms with Crippen molar-refractivity contribution in [1.82, 2.24) is 10.3 Å². The SMILES string of the molecule is O=C1NC2C=C(c3c(Cl)cccc3-c3ccc4c(c3)OC(F)(F)O4)SC2C(=O)N1c1cncc2ccccc12. The Balaban J connectivity index is 1.24. The van der Waals surface area contributed by atoms with Crippen molar-refractivity contribution in [3.8, 4) is 22.6 Å². The quantitative estimate of drug-likeness (QED) is 0.308. The number of thioether (sulfide) groups is 1. The highest BCUT2D eigenvalue weighted by Crippen LogP contribution is 2.49. The summed E-state index contributed by atoms with van der Waals surface area (Å²) < 4.78 is 36.3. The lowest BCUT2D eigenvalue weighted by Gasteiger charge is -2.33. The minimum Gasteiger partial charge on any atom is -0.395 e. The Labute approximate surface area is 229 Å². The molecular formula is C28H16ClF2N3O4S. The van der Waals surface area contributed by atoms with Gasteiger partial charge in [-0.1, -0.05) is 54.1 Å². The van der Waals surface area contributed by atoms with Crippen LogP contribution in [-0.4, -0.2) is 34.5 Å². The average Bonchev–Trinajstić information content (AvgIpc) is 3.47. The third-order valence-electron chi connectivity index (χ3n) is 6.73. The summed E-state index contributed by atoms with van der Waals surface area (Å²) in [7, 11) is 0. The number of aromatic nitrogens is 1. The molecule has 4 aromatic rings. The van der Waals surface area contributed by atoms with Gasteiger partial charge in [0.25, 0.3) is 5.91 Å². The topological polar surface area (TPSA) is 80.8 Å². The van der Waals surface area contributed by atoms with Crippen molar-refractivity contribution in [2.75, 3.05) is 4.90 Å². The Kier molecular flexibility index (Phi) is 5.33. The fraction of sp³-hybridized carbons (Fsp3) is 0.107. The van der Waals surface area contributed by atoms with E-state index in [1.165, 1.54) is 30.1 Å². The maximum Gasteiger partial charge on any atom is 0.586 e. The van der Waals surface area contributed by atoms with Crippen molar-refractivity contribution < 1.29 is 27.8 Å². The van der Waals surface area contributed by atoms with E-state index in [9.17, 15) is 18.4 Å². The molecule has 4 heterocycles. The van der Waals surface area contributed by atoms with E-state index < -0.39 is 23.6 Å². The van der Waals surface area contributed by atoms with Crippen molar-refractivity contribution in [1.29, 1.82) is 0 Å². The summed E-state index contributed by atoms with van der Waals surface area (Å²) in [6, 6.07) is 16.0. The molecule has 3 amide bonds. The van der Waals surface area contributed by atoms with E-state index in [0.29, 0.717) is 32.3 Å². The minimum atomic E-state index is -3.73. The molecule has 7 rings (SSSR count). The molecule has 1 fully saturated rings. The van der Waals surface area contributed by atoms with Crippen molar-refractivity contribution in [2.45, 2.75) is 17.6 Å². The fourth-order valence-electron chi connectivity index (χ4n) is 5.04. The first kappa shape index (κ1) is 23.9. The fourth-order valence-corrected chi connectivity index (χ4v) is 6.70. The van der Waals surface area contributed by atoms with Crippen LogP contribution in [0.15, 0.2) is 79.1 Å². The maximum atomic E-state index is 13.7. The number of hydrogen-bond acceptors (Lipinski definition) is 6. The molecule has 1 aromatic heterocycles. The zero-order valence-corrected chi connectivity index (χ0v) is 21.3. The van der Waals surface area contributed by atoms with Gasteiger partial charge in [0.2, 0.25) is 0 Å². The first-order chi connectivity index (χ1) is 18.8. The van der Waals surface area contributed by atoms with Gasteiger partial charge in [-0.05, 0) is 35.4 Å². The van der Waals surface area contributed by atoms with Gasteiger partial charge in [0.05, 0.1) is 17.9 Å². The number of fused-ring (bicyclic) bond motifs is 3. The molecule has 0 bridgehead atoms. The van der Waals surface area contributed by atoms with Crippen molar-refractivity contribution in [3.63, 3.8) is 0 Å². The molecule has 2 atom stereocenters.